The van der Waals surface area contributed by atoms with E-state index >= 15 is 0 Å². The summed E-state index contributed by atoms with van der Waals surface area (Å²) >= 11 is 0. The van der Waals surface area contributed by atoms with Crippen LogP contribution < -0.4 is 0 Å². The molecule has 0 aromatic heterocycles. The SMILES string of the molecule is CCC[N+](CCC)(CCC)CCC.CCC[N+](CCC)(CCC)CCC.[S]=[Mo](=[S])([S-])[S-]. The van der Waals surface area contributed by atoms with Gasteiger partial charge in [-0.05, 0) is 51.4 Å². The molecule has 0 amide bonds. The van der Waals surface area contributed by atoms with Crippen molar-refractivity contribution in [1.82, 2.24) is 0 Å². The van der Waals surface area contributed by atoms with E-state index in [1.54, 1.807) is 0 Å². The summed E-state index contributed by atoms with van der Waals surface area (Å²) < 4.78 is 2.75. The molecule has 192 valence electrons. The molecule has 0 bridgehead atoms. The summed E-state index contributed by atoms with van der Waals surface area (Å²) in [5.74, 6) is 0. The second kappa shape index (κ2) is 23.5. The second-order valence-electron chi connectivity index (χ2n) is 8.88. The molecule has 0 aromatic rings. The van der Waals surface area contributed by atoms with Crippen LogP contribution in [0.4, 0.5) is 0 Å². The molecule has 0 aliphatic heterocycles. The van der Waals surface area contributed by atoms with Crippen LogP contribution in [-0.4, -0.2) is 61.3 Å². The predicted octanol–water partition coefficient (Wildman–Crippen LogP) is 8.18. The van der Waals surface area contributed by atoms with Gasteiger partial charge in [0, 0.05) is 0 Å². The molecule has 0 aromatic carbocycles. The zero-order valence-corrected chi connectivity index (χ0v) is 27.5. The standard InChI is InChI=1S/2C12H28N.Mo.4S/c2*1-5-9-13(10-6-2,11-7-3)12-8-4;;;;;/h2*5-12H2,1-4H3;;;;;/q2*+1;;;;2*-1. The van der Waals surface area contributed by atoms with E-state index in [0.717, 1.165) is 0 Å². The molecule has 0 unspecified atom stereocenters. The van der Waals surface area contributed by atoms with Crippen molar-refractivity contribution in [2.75, 3.05) is 52.4 Å². The summed E-state index contributed by atoms with van der Waals surface area (Å²) in [6.45, 7) is 29.6. The molecule has 31 heavy (non-hydrogen) atoms. The first kappa shape index (κ1) is 37.3. The average molecular weight is 597 g/mol. The third-order valence-corrected chi connectivity index (χ3v) is 5.58. The summed E-state index contributed by atoms with van der Waals surface area (Å²) in [6, 6.07) is 0. The fraction of sp³-hybridized carbons (Fsp3) is 1.00. The van der Waals surface area contributed by atoms with Crippen molar-refractivity contribution in [1.29, 1.82) is 0 Å². The van der Waals surface area contributed by atoms with Gasteiger partial charge in [0.15, 0.2) is 0 Å². The van der Waals surface area contributed by atoms with E-state index < -0.39 is 9.86 Å². The summed E-state index contributed by atoms with van der Waals surface area (Å²) in [5.41, 5.74) is 0. The van der Waals surface area contributed by atoms with Gasteiger partial charge in [-0.3, -0.25) is 0 Å². The molecule has 0 saturated heterocycles. The fourth-order valence-electron chi connectivity index (χ4n) is 5.14. The van der Waals surface area contributed by atoms with Gasteiger partial charge in [-0.25, -0.2) is 0 Å². The molecular weight excluding hydrogens is 540 g/mol. The van der Waals surface area contributed by atoms with Gasteiger partial charge in [0.25, 0.3) is 0 Å². The van der Waals surface area contributed by atoms with Gasteiger partial charge in [0.2, 0.25) is 0 Å². The third kappa shape index (κ3) is 24.7. The van der Waals surface area contributed by atoms with Crippen molar-refractivity contribution in [2.45, 2.75) is 107 Å². The Morgan fingerprint density at radius 2 is 0.516 bits per heavy atom. The summed E-state index contributed by atoms with van der Waals surface area (Å²) in [5, 5.41) is 0. The van der Waals surface area contributed by atoms with Crippen LogP contribution in [0.2, 0.25) is 0 Å². The van der Waals surface area contributed by atoms with E-state index in [0.29, 0.717) is 0 Å². The Bertz CT molecular complexity index is 375. The zero-order valence-electron chi connectivity index (χ0n) is 22.2. The maximum absolute atomic E-state index is 4.46. The predicted molar refractivity (Wildman–Crippen MR) is 152 cm³/mol. The topological polar surface area (TPSA) is 0 Å². The number of hydrogen-bond donors (Lipinski definition) is 0. The molecule has 0 aliphatic rings. The van der Waals surface area contributed by atoms with Gasteiger partial charge >= 0.3 is 50.2 Å². The molecule has 7 heteroatoms. The third-order valence-electron chi connectivity index (χ3n) is 5.58. The van der Waals surface area contributed by atoms with Crippen molar-refractivity contribution in [3.8, 4) is 0 Å². The van der Waals surface area contributed by atoms with E-state index in [9.17, 15) is 0 Å². The van der Waals surface area contributed by atoms with Gasteiger partial charge in [0.05, 0.1) is 52.4 Å². The molecule has 0 spiro atoms. The van der Waals surface area contributed by atoms with Gasteiger partial charge in [-0.2, -0.15) is 0 Å². The van der Waals surface area contributed by atoms with E-state index in [2.05, 4.69) is 95.7 Å². The summed E-state index contributed by atoms with van der Waals surface area (Å²) in [6.07, 6.45) is 10.7. The number of hydrogen-bond acceptors (Lipinski definition) is 4. The van der Waals surface area contributed by atoms with Gasteiger partial charge in [0.1, 0.15) is 0 Å². The van der Waals surface area contributed by atoms with Crippen molar-refractivity contribution in [2.24, 2.45) is 0 Å². The van der Waals surface area contributed by atoms with Crippen molar-refractivity contribution >= 4 is 40.3 Å². The Hall–Kier alpha value is 1.75. The van der Waals surface area contributed by atoms with Crippen LogP contribution in [0, 0.1) is 0 Å². The molecule has 0 heterocycles. The minimum atomic E-state index is -2.69. The normalized spacial score (nSPS) is 11.9. The molecule has 0 N–H and O–H groups in total. The first-order valence-corrected chi connectivity index (χ1v) is 24.0. The van der Waals surface area contributed by atoms with Crippen LogP contribution in [-0.2, 0) is 30.5 Å². The van der Waals surface area contributed by atoms with E-state index in [1.165, 1.54) is 113 Å². The van der Waals surface area contributed by atoms with E-state index in [-0.39, 0.29) is 0 Å². The quantitative estimate of drug-likeness (QED) is 0.100. The monoisotopic (exact) mass is 598 g/mol. The van der Waals surface area contributed by atoms with E-state index in [1.807, 2.05) is 0 Å². The van der Waals surface area contributed by atoms with Crippen LogP contribution in [0.1, 0.15) is 107 Å². The molecule has 0 saturated carbocycles. The Balaban J connectivity index is -0.000000416. The van der Waals surface area contributed by atoms with Gasteiger partial charge < -0.3 is 8.97 Å². The summed E-state index contributed by atoms with van der Waals surface area (Å²) in [7, 11) is 15.2. The first-order valence-electron chi connectivity index (χ1n) is 12.9. The number of quaternary nitrogens is 2. The van der Waals surface area contributed by atoms with Crippen LogP contribution in [0.5, 0.6) is 0 Å². The van der Waals surface area contributed by atoms with Crippen LogP contribution in [0.3, 0.4) is 0 Å². The molecule has 2 nitrogen and oxygen atoms in total. The molecular formula is C24H56MoN2S4. The first-order chi connectivity index (χ1) is 14.5. The number of nitrogens with zero attached hydrogens (tertiary/aromatic N) is 2. The van der Waals surface area contributed by atoms with Crippen LogP contribution in [0.15, 0.2) is 0 Å². The van der Waals surface area contributed by atoms with Crippen LogP contribution in [0.25, 0.3) is 0 Å². The Morgan fingerprint density at radius 3 is 0.581 bits per heavy atom. The fourth-order valence-corrected chi connectivity index (χ4v) is 5.14. The molecule has 0 fully saturated rings. The Labute approximate surface area is 216 Å². The van der Waals surface area contributed by atoms with Crippen molar-refractivity contribution in [3.05, 3.63) is 0 Å². The van der Waals surface area contributed by atoms with Crippen molar-refractivity contribution in [3.63, 3.8) is 0 Å². The minimum absolute atomic E-state index is 1.33. The molecule has 0 atom stereocenters. The second-order valence-corrected chi connectivity index (χ2v) is 30.2. The van der Waals surface area contributed by atoms with Crippen LogP contribution >= 0.6 is 19.6 Å². The molecule has 0 aliphatic carbocycles. The average Bonchev–Trinajstić information content (AvgIpc) is 2.63. The Morgan fingerprint density at radius 1 is 0.419 bits per heavy atom. The van der Waals surface area contributed by atoms with Gasteiger partial charge in [-0.15, -0.1) is 0 Å². The summed E-state index contributed by atoms with van der Waals surface area (Å²) in [4.78, 5) is 0. The van der Waals surface area contributed by atoms with E-state index in [4.69, 9.17) is 0 Å². The zero-order chi connectivity index (χ0) is 24.8. The number of rotatable bonds is 16. The van der Waals surface area contributed by atoms with Crippen molar-refractivity contribution < 1.29 is 18.8 Å². The molecule has 0 rings (SSSR count). The molecule has 0 radical (unpaired) electrons. The Kier molecular flexibility index (Phi) is 28.3. The van der Waals surface area contributed by atoms with Gasteiger partial charge in [-0.1, -0.05) is 55.4 Å². The maximum atomic E-state index is 4.46.